The molecule has 0 aromatic heterocycles. The molecule has 20 heavy (non-hydrogen) atoms. The Labute approximate surface area is 131 Å². The highest BCUT2D eigenvalue weighted by Crippen LogP contribution is 2.21. The summed E-state index contributed by atoms with van der Waals surface area (Å²) in [5.41, 5.74) is 2.02. The Morgan fingerprint density at radius 3 is 2.55 bits per heavy atom. The molecule has 2 rings (SSSR count). The van der Waals surface area contributed by atoms with Gasteiger partial charge in [0.1, 0.15) is 5.82 Å². The van der Waals surface area contributed by atoms with Gasteiger partial charge in [0.05, 0.1) is 6.10 Å². The number of aliphatic hydroxyl groups is 1. The zero-order chi connectivity index (χ0) is 14.5. The van der Waals surface area contributed by atoms with Crippen LogP contribution in [0.25, 0.3) is 0 Å². The number of rotatable bonds is 5. The second-order valence-corrected chi connectivity index (χ2v) is 6.77. The van der Waals surface area contributed by atoms with Gasteiger partial charge < -0.3 is 5.11 Å². The highest BCUT2D eigenvalue weighted by atomic mass is 79.9. The van der Waals surface area contributed by atoms with Crippen molar-refractivity contribution in [3.8, 4) is 0 Å². The lowest BCUT2D eigenvalue weighted by Crippen LogP contribution is -2.13. The molecular weight excluding hydrogens is 339 g/mol. The molecule has 0 amide bonds. The molecule has 106 valence electrons. The lowest BCUT2D eigenvalue weighted by Gasteiger charge is -2.11. The Balaban J connectivity index is 1.88. The highest BCUT2D eigenvalue weighted by molar-refractivity contribution is 9.10. The Morgan fingerprint density at radius 1 is 1.20 bits per heavy atom. The van der Waals surface area contributed by atoms with Gasteiger partial charge in [0, 0.05) is 15.1 Å². The van der Waals surface area contributed by atoms with Gasteiger partial charge in [0.2, 0.25) is 0 Å². The third-order valence-electron chi connectivity index (χ3n) is 2.86. The molecule has 2 aromatic carbocycles. The van der Waals surface area contributed by atoms with E-state index in [4.69, 9.17) is 0 Å². The smallest absolute Gasteiger partial charge is 0.124 e. The second-order valence-electron chi connectivity index (χ2n) is 4.76. The molecule has 0 aliphatic heterocycles. The van der Waals surface area contributed by atoms with E-state index in [-0.39, 0.29) is 5.82 Å². The van der Waals surface area contributed by atoms with Crippen molar-refractivity contribution in [3.63, 3.8) is 0 Å². The highest BCUT2D eigenvalue weighted by Gasteiger charge is 2.08. The van der Waals surface area contributed by atoms with E-state index in [2.05, 4.69) is 28.1 Å². The number of aliphatic hydroxyl groups excluding tert-OH is 1. The van der Waals surface area contributed by atoms with Crippen LogP contribution in [0.3, 0.4) is 0 Å². The normalized spacial score (nSPS) is 12.4. The molecule has 1 N–H and O–H groups in total. The molecule has 0 radical (unpaired) electrons. The molecule has 0 spiro atoms. The monoisotopic (exact) mass is 354 g/mol. The van der Waals surface area contributed by atoms with E-state index >= 15 is 0 Å². The summed E-state index contributed by atoms with van der Waals surface area (Å²) in [7, 11) is 0. The van der Waals surface area contributed by atoms with Gasteiger partial charge in [-0.2, -0.15) is 0 Å². The van der Waals surface area contributed by atoms with Crippen LogP contribution in [0, 0.1) is 12.7 Å². The van der Waals surface area contributed by atoms with Gasteiger partial charge in [0.15, 0.2) is 0 Å². The van der Waals surface area contributed by atoms with Gasteiger partial charge in [-0.15, -0.1) is 11.8 Å². The van der Waals surface area contributed by atoms with Crippen LogP contribution in [0.5, 0.6) is 0 Å². The quantitative estimate of drug-likeness (QED) is 0.792. The van der Waals surface area contributed by atoms with Crippen LogP contribution in [0.15, 0.2) is 51.8 Å². The van der Waals surface area contributed by atoms with Crippen LogP contribution in [0.1, 0.15) is 11.1 Å². The molecule has 1 nitrogen and oxygen atoms in total. The molecule has 0 fully saturated rings. The Hall–Kier alpha value is -0.840. The standard InChI is InChI=1S/C16H16BrFOS/c1-11-2-4-16(5-3-11)20-10-15(19)8-12-6-13(17)9-14(18)7-12/h2-7,9,15,19H,8,10H2,1H3. The maximum Gasteiger partial charge on any atom is 0.124 e. The van der Waals surface area contributed by atoms with Crippen molar-refractivity contribution in [2.75, 3.05) is 5.75 Å². The number of hydrogen-bond acceptors (Lipinski definition) is 2. The molecule has 0 aliphatic carbocycles. The fraction of sp³-hybridized carbons (Fsp3) is 0.250. The van der Waals surface area contributed by atoms with Gasteiger partial charge in [-0.1, -0.05) is 33.6 Å². The van der Waals surface area contributed by atoms with E-state index in [0.717, 1.165) is 10.5 Å². The summed E-state index contributed by atoms with van der Waals surface area (Å²) < 4.78 is 14.0. The topological polar surface area (TPSA) is 20.2 Å². The molecule has 0 saturated heterocycles. The molecule has 1 atom stereocenters. The molecule has 2 aromatic rings. The largest absolute Gasteiger partial charge is 0.392 e. The van der Waals surface area contributed by atoms with E-state index < -0.39 is 6.10 Å². The third-order valence-corrected chi connectivity index (χ3v) is 4.47. The predicted octanol–water partition coefficient (Wildman–Crippen LogP) is 4.59. The van der Waals surface area contributed by atoms with Crippen LogP contribution >= 0.6 is 27.7 Å². The maximum absolute atomic E-state index is 13.3. The molecular formula is C16H16BrFOS. The minimum Gasteiger partial charge on any atom is -0.392 e. The summed E-state index contributed by atoms with van der Waals surface area (Å²) >= 11 is 4.87. The van der Waals surface area contributed by atoms with Gasteiger partial charge >= 0.3 is 0 Å². The number of benzene rings is 2. The lowest BCUT2D eigenvalue weighted by atomic mass is 10.1. The van der Waals surface area contributed by atoms with Gasteiger partial charge in [-0.05, 0) is 49.2 Å². The van der Waals surface area contributed by atoms with E-state index in [1.54, 1.807) is 11.8 Å². The van der Waals surface area contributed by atoms with E-state index in [9.17, 15) is 9.50 Å². The van der Waals surface area contributed by atoms with Crippen molar-refractivity contribution >= 4 is 27.7 Å². The van der Waals surface area contributed by atoms with Crippen LogP contribution in [-0.4, -0.2) is 17.0 Å². The van der Waals surface area contributed by atoms with Crippen molar-refractivity contribution in [1.29, 1.82) is 0 Å². The van der Waals surface area contributed by atoms with Gasteiger partial charge in [-0.25, -0.2) is 4.39 Å². The van der Waals surface area contributed by atoms with Gasteiger partial charge in [0.25, 0.3) is 0 Å². The van der Waals surface area contributed by atoms with Crippen LogP contribution in [0.2, 0.25) is 0 Å². The van der Waals surface area contributed by atoms with Crippen LogP contribution < -0.4 is 0 Å². The predicted molar refractivity (Wildman–Crippen MR) is 85.7 cm³/mol. The Morgan fingerprint density at radius 2 is 1.90 bits per heavy atom. The average molecular weight is 355 g/mol. The SMILES string of the molecule is Cc1ccc(SCC(O)Cc2cc(F)cc(Br)c2)cc1. The molecule has 0 heterocycles. The molecule has 4 heteroatoms. The first-order valence-electron chi connectivity index (χ1n) is 6.35. The van der Waals surface area contributed by atoms with Crippen LogP contribution in [0.4, 0.5) is 4.39 Å². The summed E-state index contributed by atoms with van der Waals surface area (Å²) in [4.78, 5) is 1.13. The van der Waals surface area contributed by atoms with Crippen molar-refractivity contribution < 1.29 is 9.50 Å². The first-order chi connectivity index (χ1) is 9.52. The Bertz CT molecular complexity index is 551. The second kappa shape index (κ2) is 7.25. The summed E-state index contributed by atoms with van der Waals surface area (Å²) in [6.45, 7) is 2.05. The minimum atomic E-state index is -0.491. The van der Waals surface area contributed by atoms with Crippen LogP contribution in [-0.2, 0) is 6.42 Å². The first kappa shape index (κ1) is 15.5. The average Bonchev–Trinajstić information content (AvgIpc) is 2.37. The van der Waals surface area contributed by atoms with Crippen molar-refractivity contribution in [2.45, 2.75) is 24.3 Å². The third kappa shape index (κ3) is 4.93. The summed E-state index contributed by atoms with van der Waals surface area (Å²) in [5.74, 6) is 0.310. The molecule has 0 saturated carbocycles. The first-order valence-corrected chi connectivity index (χ1v) is 8.13. The zero-order valence-electron chi connectivity index (χ0n) is 11.1. The van der Waals surface area contributed by atoms with Crippen molar-refractivity contribution in [1.82, 2.24) is 0 Å². The van der Waals surface area contributed by atoms with Gasteiger partial charge in [-0.3, -0.25) is 0 Å². The molecule has 0 bridgehead atoms. The summed E-state index contributed by atoms with van der Waals surface area (Å²) in [6.07, 6.45) is -0.0371. The summed E-state index contributed by atoms with van der Waals surface area (Å²) in [5, 5.41) is 10.0. The number of halogens is 2. The fourth-order valence-electron chi connectivity index (χ4n) is 1.89. The fourth-order valence-corrected chi connectivity index (χ4v) is 3.23. The number of hydrogen-bond donors (Lipinski definition) is 1. The minimum absolute atomic E-state index is 0.284. The zero-order valence-corrected chi connectivity index (χ0v) is 13.5. The number of aryl methyl sites for hydroxylation is 1. The molecule has 0 aliphatic rings. The molecule has 1 unspecified atom stereocenters. The Kier molecular flexibility index (Phi) is 5.64. The number of thioether (sulfide) groups is 1. The van der Waals surface area contributed by atoms with E-state index in [1.807, 2.05) is 25.1 Å². The maximum atomic E-state index is 13.3. The summed E-state index contributed by atoms with van der Waals surface area (Å²) in [6, 6.07) is 12.9. The van der Waals surface area contributed by atoms with E-state index in [1.165, 1.54) is 17.7 Å². The van der Waals surface area contributed by atoms with Crippen molar-refractivity contribution in [3.05, 3.63) is 63.9 Å². The van der Waals surface area contributed by atoms with E-state index in [0.29, 0.717) is 16.6 Å². The lowest BCUT2D eigenvalue weighted by molar-refractivity contribution is 0.200. The van der Waals surface area contributed by atoms with Crippen molar-refractivity contribution in [2.24, 2.45) is 0 Å².